The van der Waals surface area contributed by atoms with Gasteiger partial charge in [-0.05, 0) is 23.6 Å². The molecule has 5 rings (SSSR count). The Morgan fingerprint density at radius 2 is 1.59 bits per heavy atom. The number of fused-ring (bicyclic) bond motifs is 4. The molecule has 0 saturated heterocycles. The quantitative estimate of drug-likeness (QED) is 0.433. The lowest BCUT2D eigenvalue weighted by molar-refractivity contribution is 0.0557. The molecule has 0 aliphatic heterocycles. The van der Waals surface area contributed by atoms with Crippen LogP contribution < -0.4 is 5.56 Å². The Morgan fingerprint density at radius 3 is 2.28 bits per heavy atom. The second kappa shape index (κ2) is 6.00. The number of rotatable bonds is 2. The summed E-state index contributed by atoms with van der Waals surface area (Å²) in [5.41, 5.74) is 0.820. The molecule has 0 atom stereocenters. The zero-order valence-electron chi connectivity index (χ0n) is 15.6. The first-order valence-electron chi connectivity index (χ1n) is 8.85. The topological polar surface area (TPSA) is 87.0 Å². The van der Waals surface area contributed by atoms with E-state index in [1.807, 2.05) is 30.3 Å². The molecule has 0 spiro atoms. The van der Waals surface area contributed by atoms with Gasteiger partial charge in [-0.2, -0.15) is 0 Å². The number of benzene rings is 3. The Labute approximate surface area is 163 Å². The maximum absolute atomic E-state index is 13.3. The first-order chi connectivity index (χ1) is 14.1. The minimum atomic E-state index is -0.727. The van der Waals surface area contributed by atoms with Crippen LogP contribution in [0.5, 0.6) is 0 Å². The van der Waals surface area contributed by atoms with E-state index in [-0.39, 0.29) is 22.2 Å². The number of imidazole rings is 1. The molecular formula is C22H14N2O5. The minimum Gasteiger partial charge on any atom is -0.465 e. The van der Waals surface area contributed by atoms with Gasteiger partial charge in [-0.15, -0.1) is 0 Å². The van der Waals surface area contributed by atoms with Crippen molar-refractivity contribution in [2.75, 3.05) is 14.2 Å². The molecule has 2 aromatic heterocycles. The molecule has 5 aromatic rings. The van der Waals surface area contributed by atoms with Crippen molar-refractivity contribution >= 4 is 50.2 Å². The van der Waals surface area contributed by atoms with E-state index >= 15 is 0 Å². The van der Waals surface area contributed by atoms with E-state index < -0.39 is 11.9 Å². The molecule has 142 valence electrons. The number of methoxy groups -OCH3 is 2. The van der Waals surface area contributed by atoms with Gasteiger partial charge in [-0.25, -0.2) is 14.6 Å². The van der Waals surface area contributed by atoms with E-state index in [9.17, 15) is 14.4 Å². The fourth-order valence-electron chi connectivity index (χ4n) is 3.94. The number of aromatic nitrogens is 2. The van der Waals surface area contributed by atoms with Crippen LogP contribution >= 0.6 is 0 Å². The van der Waals surface area contributed by atoms with Crippen molar-refractivity contribution in [2.24, 2.45) is 0 Å². The Bertz CT molecular complexity index is 1530. The van der Waals surface area contributed by atoms with Crippen LogP contribution in [0.2, 0.25) is 0 Å². The van der Waals surface area contributed by atoms with E-state index in [0.29, 0.717) is 16.6 Å². The van der Waals surface area contributed by atoms with Gasteiger partial charge in [0.15, 0.2) is 0 Å². The summed E-state index contributed by atoms with van der Waals surface area (Å²) >= 11 is 0. The Kier molecular flexibility index (Phi) is 3.54. The zero-order chi connectivity index (χ0) is 20.3. The highest BCUT2D eigenvalue weighted by molar-refractivity contribution is 6.17. The monoisotopic (exact) mass is 386 g/mol. The highest BCUT2D eigenvalue weighted by Gasteiger charge is 2.26. The van der Waals surface area contributed by atoms with Crippen LogP contribution in [0.4, 0.5) is 0 Å². The van der Waals surface area contributed by atoms with Crippen LogP contribution in [0.15, 0.2) is 53.3 Å². The second-order valence-electron chi connectivity index (χ2n) is 6.62. The third-order valence-electron chi connectivity index (χ3n) is 5.20. The largest absolute Gasteiger partial charge is 0.465 e. The fourth-order valence-corrected chi connectivity index (χ4v) is 3.94. The normalized spacial score (nSPS) is 11.5. The van der Waals surface area contributed by atoms with Gasteiger partial charge in [0, 0.05) is 16.2 Å². The number of esters is 2. The Balaban J connectivity index is 2.06. The lowest BCUT2D eigenvalue weighted by atomic mass is 10.0. The molecule has 0 saturated carbocycles. The number of nitrogens with zero attached hydrogens (tertiary/aromatic N) is 2. The summed E-state index contributed by atoms with van der Waals surface area (Å²) in [6.45, 7) is 0. The SMILES string of the molecule is COC(=O)c1ccc2c(nc3c4cccc5cccc(c(=O)n23)c54)c1C(=O)OC. The van der Waals surface area contributed by atoms with Crippen LogP contribution in [-0.4, -0.2) is 35.5 Å². The minimum absolute atomic E-state index is 0.0252. The van der Waals surface area contributed by atoms with E-state index in [1.54, 1.807) is 12.1 Å². The molecule has 0 amide bonds. The van der Waals surface area contributed by atoms with Crippen molar-refractivity contribution in [1.29, 1.82) is 0 Å². The molecule has 7 heteroatoms. The van der Waals surface area contributed by atoms with Gasteiger partial charge in [0.2, 0.25) is 0 Å². The summed E-state index contributed by atoms with van der Waals surface area (Å²) in [6, 6.07) is 14.3. The lowest BCUT2D eigenvalue weighted by Crippen LogP contribution is -2.14. The van der Waals surface area contributed by atoms with Crippen molar-refractivity contribution in [3.63, 3.8) is 0 Å². The Hall–Kier alpha value is -4.00. The molecule has 7 nitrogen and oxygen atoms in total. The molecule has 0 unspecified atom stereocenters. The van der Waals surface area contributed by atoms with Gasteiger partial charge in [0.05, 0.1) is 25.3 Å². The lowest BCUT2D eigenvalue weighted by Gasteiger charge is -2.07. The first-order valence-corrected chi connectivity index (χ1v) is 8.85. The van der Waals surface area contributed by atoms with Crippen LogP contribution in [-0.2, 0) is 9.47 Å². The maximum atomic E-state index is 13.3. The third kappa shape index (κ3) is 2.18. The van der Waals surface area contributed by atoms with Crippen LogP contribution in [0.1, 0.15) is 20.7 Å². The summed E-state index contributed by atoms with van der Waals surface area (Å²) in [5.74, 6) is -1.41. The van der Waals surface area contributed by atoms with Gasteiger partial charge >= 0.3 is 11.9 Å². The van der Waals surface area contributed by atoms with Crippen molar-refractivity contribution in [2.45, 2.75) is 0 Å². The summed E-state index contributed by atoms with van der Waals surface area (Å²) in [4.78, 5) is 42.6. The van der Waals surface area contributed by atoms with E-state index in [0.717, 1.165) is 16.2 Å². The number of hydrogen-bond acceptors (Lipinski definition) is 6. The summed E-state index contributed by atoms with van der Waals surface area (Å²) in [5, 5.41) is 3.08. The average Bonchev–Trinajstić information content (AvgIpc) is 3.15. The predicted octanol–water partition coefficient (Wildman–Crippen LogP) is 3.17. The van der Waals surface area contributed by atoms with Crippen molar-refractivity contribution in [1.82, 2.24) is 9.38 Å². The molecule has 0 fully saturated rings. The van der Waals surface area contributed by atoms with Crippen LogP contribution in [0, 0.1) is 0 Å². The fraction of sp³-hybridized carbons (Fsp3) is 0.0909. The number of carbonyl (C=O) groups excluding carboxylic acids is 2. The van der Waals surface area contributed by atoms with Gasteiger partial charge in [-0.3, -0.25) is 9.20 Å². The summed E-state index contributed by atoms with van der Waals surface area (Å²) in [6.07, 6.45) is 0. The molecular weight excluding hydrogens is 372 g/mol. The average molecular weight is 386 g/mol. The summed E-state index contributed by atoms with van der Waals surface area (Å²) in [7, 11) is 2.45. The molecule has 0 radical (unpaired) electrons. The number of carbonyl (C=O) groups is 2. The van der Waals surface area contributed by atoms with Crippen molar-refractivity contribution in [3.05, 3.63) is 70.0 Å². The number of pyridine rings is 1. The molecule has 29 heavy (non-hydrogen) atoms. The van der Waals surface area contributed by atoms with Crippen LogP contribution in [0.25, 0.3) is 38.2 Å². The first kappa shape index (κ1) is 17.1. The molecule has 0 aliphatic carbocycles. The number of hydrogen-bond donors (Lipinski definition) is 0. The molecule has 0 aliphatic rings. The number of ether oxygens (including phenoxy) is 2. The van der Waals surface area contributed by atoms with E-state index in [1.165, 1.54) is 24.7 Å². The van der Waals surface area contributed by atoms with E-state index in [2.05, 4.69) is 4.98 Å². The van der Waals surface area contributed by atoms with Crippen LogP contribution in [0.3, 0.4) is 0 Å². The Morgan fingerprint density at radius 1 is 0.897 bits per heavy atom. The smallest absolute Gasteiger partial charge is 0.341 e. The molecule has 0 N–H and O–H groups in total. The summed E-state index contributed by atoms with van der Waals surface area (Å²) < 4.78 is 11.1. The van der Waals surface area contributed by atoms with Gasteiger partial charge in [0.25, 0.3) is 5.56 Å². The molecule has 3 aromatic carbocycles. The highest BCUT2D eigenvalue weighted by atomic mass is 16.5. The van der Waals surface area contributed by atoms with Crippen molar-refractivity contribution in [3.8, 4) is 0 Å². The maximum Gasteiger partial charge on any atom is 0.341 e. The van der Waals surface area contributed by atoms with Gasteiger partial charge in [-0.1, -0.05) is 30.3 Å². The van der Waals surface area contributed by atoms with Crippen molar-refractivity contribution < 1.29 is 19.1 Å². The second-order valence-corrected chi connectivity index (χ2v) is 6.62. The predicted molar refractivity (Wildman–Crippen MR) is 108 cm³/mol. The van der Waals surface area contributed by atoms with Gasteiger partial charge in [0.1, 0.15) is 16.7 Å². The highest BCUT2D eigenvalue weighted by Crippen LogP contribution is 2.31. The van der Waals surface area contributed by atoms with Gasteiger partial charge < -0.3 is 9.47 Å². The standard InChI is InChI=1S/C22H14N2O5/c1-28-21(26)14-9-10-15-18(17(14)22(27)29-2)23-19-12-7-3-5-11-6-4-8-13(16(11)12)20(25)24(15)19/h3-10H,1-2H3. The third-order valence-corrected chi connectivity index (χ3v) is 5.20. The van der Waals surface area contributed by atoms with E-state index in [4.69, 9.17) is 9.47 Å². The zero-order valence-corrected chi connectivity index (χ0v) is 15.6. The molecule has 2 heterocycles. The molecule has 0 bridgehead atoms.